The molecular formula is C25H21N3O3S2. The molecule has 6 nitrogen and oxygen atoms in total. The molecule has 0 atom stereocenters. The Kier molecular flexibility index (Phi) is 4.74. The molecule has 0 aliphatic carbocycles. The summed E-state index contributed by atoms with van der Waals surface area (Å²) in [5.41, 5.74) is 5.43. The van der Waals surface area contributed by atoms with Crippen LogP contribution in [-0.2, 0) is 15.6 Å². The van der Waals surface area contributed by atoms with Crippen molar-refractivity contribution in [3.8, 4) is 0 Å². The molecule has 1 N–H and O–H groups in total. The van der Waals surface area contributed by atoms with Gasteiger partial charge in [-0.2, -0.15) is 0 Å². The lowest BCUT2D eigenvalue weighted by molar-refractivity contribution is 0.0745. The number of carbonyl (C=O) groups is 1. The van der Waals surface area contributed by atoms with Gasteiger partial charge in [0.25, 0.3) is 5.91 Å². The number of amides is 1. The Hall–Kier alpha value is -3.23. The van der Waals surface area contributed by atoms with E-state index in [1.807, 2.05) is 40.7 Å². The quantitative estimate of drug-likeness (QED) is 0.434. The van der Waals surface area contributed by atoms with E-state index in [9.17, 15) is 13.2 Å². The van der Waals surface area contributed by atoms with Crippen LogP contribution in [0.3, 0.4) is 0 Å². The van der Waals surface area contributed by atoms with Crippen LogP contribution in [0.2, 0.25) is 0 Å². The van der Waals surface area contributed by atoms with Crippen molar-refractivity contribution in [1.29, 1.82) is 0 Å². The zero-order chi connectivity index (χ0) is 22.6. The fraction of sp³-hybridized carbons (Fsp3) is 0.200. The van der Waals surface area contributed by atoms with Crippen molar-refractivity contribution in [1.82, 2.24) is 14.9 Å². The second kappa shape index (κ2) is 7.67. The predicted octanol–water partition coefficient (Wildman–Crippen LogP) is 4.65. The van der Waals surface area contributed by atoms with Crippen molar-refractivity contribution >= 4 is 43.6 Å². The molecule has 1 fully saturated rings. The van der Waals surface area contributed by atoms with Gasteiger partial charge in [0, 0.05) is 47.5 Å². The monoisotopic (exact) mass is 475 g/mol. The van der Waals surface area contributed by atoms with Gasteiger partial charge < -0.3 is 9.88 Å². The van der Waals surface area contributed by atoms with Crippen molar-refractivity contribution in [3.05, 3.63) is 87.5 Å². The number of fused-ring (bicyclic) bond motifs is 3. The van der Waals surface area contributed by atoms with Crippen LogP contribution in [0.25, 0.3) is 16.5 Å². The topological polar surface area (TPSA) is 83.1 Å². The van der Waals surface area contributed by atoms with E-state index in [-0.39, 0.29) is 11.7 Å². The number of pyridine rings is 1. The second-order valence-electron chi connectivity index (χ2n) is 8.41. The van der Waals surface area contributed by atoms with Crippen molar-refractivity contribution in [2.75, 3.05) is 13.1 Å². The number of hydrogen-bond acceptors (Lipinski definition) is 5. The molecule has 6 rings (SSSR count). The number of aromatic nitrogens is 2. The highest BCUT2D eigenvalue weighted by atomic mass is 32.2. The number of nitrogens with zero attached hydrogens (tertiary/aromatic N) is 2. The summed E-state index contributed by atoms with van der Waals surface area (Å²) in [6.07, 6.45) is 6.60. The van der Waals surface area contributed by atoms with Crippen LogP contribution in [0.1, 0.15) is 39.2 Å². The first-order chi connectivity index (χ1) is 16.0. The number of rotatable bonds is 1. The third-order valence-electron chi connectivity index (χ3n) is 6.53. The molecule has 2 aliphatic rings. The first-order valence-corrected chi connectivity index (χ1v) is 13.4. The maximum atomic E-state index is 13.3. The number of nitrogens with one attached hydrogen (secondary N) is 1. The van der Waals surface area contributed by atoms with Gasteiger partial charge in [-0.3, -0.25) is 9.78 Å². The molecule has 0 saturated carbocycles. The molecule has 4 aromatic rings. The summed E-state index contributed by atoms with van der Waals surface area (Å²) in [6, 6.07) is 11.3. The van der Waals surface area contributed by atoms with Crippen LogP contribution in [0.4, 0.5) is 0 Å². The normalized spacial score (nSPS) is 17.5. The van der Waals surface area contributed by atoms with Gasteiger partial charge in [-0.05, 0) is 47.6 Å². The zero-order valence-corrected chi connectivity index (χ0v) is 19.4. The average molecular weight is 476 g/mol. The summed E-state index contributed by atoms with van der Waals surface area (Å²) in [4.78, 5) is 23.8. The van der Waals surface area contributed by atoms with Gasteiger partial charge in [0.1, 0.15) is 0 Å². The first kappa shape index (κ1) is 20.4. The molecule has 5 heterocycles. The van der Waals surface area contributed by atoms with E-state index in [0.717, 1.165) is 32.5 Å². The highest BCUT2D eigenvalue weighted by Crippen LogP contribution is 2.42. The molecule has 0 unspecified atom stereocenters. The van der Waals surface area contributed by atoms with Crippen LogP contribution in [0.15, 0.2) is 70.8 Å². The molecular weight excluding hydrogens is 454 g/mol. The van der Waals surface area contributed by atoms with Crippen LogP contribution >= 0.6 is 11.3 Å². The van der Waals surface area contributed by atoms with Crippen LogP contribution < -0.4 is 0 Å². The van der Waals surface area contributed by atoms with Crippen molar-refractivity contribution in [3.63, 3.8) is 0 Å². The average Bonchev–Trinajstić information content (AvgIpc) is 3.47. The van der Waals surface area contributed by atoms with Crippen LogP contribution in [-0.4, -0.2) is 42.3 Å². The summed E-state index contributed by atoms with van der Waals surface area (Å²) in [5, 5.41) is 2.89. The molecule has 1 saturated heterocycles. The van der Waals surface area contributed by atoms with Gasteiger partial charge >= 0.3 is 0 Å². The molecule has 33 heavy (non-hydrogen) atoms. The van der Waals surface area contributed by atoms with E-state index in [4.69, 9.17) is 0 Å². The Morgan fingerprint density at radius 2 is 1.85 bits per heavy atom. The van der Waals surface area contributed by atoms with Gasteiger partial charge in [0.05, 0.1) is 21.7 Å². The van der Waals surface area contributed by atoms with Gasteiger partial charge in [-0.25, -0.2) is 8.42 Å². The minimum atomic E-state index is -3.41. The fourth-order valence-electron chi connectivity index (χ4n) is 4.94. The Morgan fingerprint density at radius 3 is 2.70 bits per heavy atom. The van der Waals surface area contributed by atoms with Crippen molar-refractivity contribution in [2.24, 2.45) is 0 Å². The van der Waals surface area contributed by atoms with Gasteiger partial charge in [-0.15, -0.1) is 11.3 Å². The number of aromatic amines is 1. The number of piperidine rings is 1. The number of carbonyl (C=O) groups excluding carboxylic acids is 1. The Balaban J connectivity index is 1.38. The van der Waals surface area contributed by atoms with E-state index in [2.05, 4.69) is 9.97 Å². The largest absolute Gasteiger partial charge is 0.360 e. The Bertz CT molecular complexity index is 1540. The number of thiophene rings is 1. The third kappa shape index (κ3) is 3.32. The molecule has 0 radical (unpaired) electrons. The molecule has 8 heteroatoms. The lowest BCUT2D eigenvalue weighted by Crippen LogP contribution is -2.36. The maximum absolute atomic E-state index is 13.3. The number of sulfone groups is 1. The molecule has 0 bridgehead atoms. The molecule has 0 spiro atoms. The predicted molar refractivity (Wildman–Crippen MR) is 129 cm³/mol. The molecule has 1 amide bonds. The second-order valence-corrected chi connectivity index (χ2v) is 11.4. The van der Waals surface area contributed by atoms with Gasteiger partial charge in [-0.1, -0.05) is 23.8 Å². The summed E-state index contributed by atoms with van der Waals surface area (Å²) < 4.78 is 26.2. The number of likely N-dealkylation sites (tertiary alicyclic amines) is 1. The Morgan fingerprint density at radius 1 is 1.03 bits per heavy atom. The Labute approximate surface area is 195 Å². The third-order valence-corrected chi connectivity index (χ3v) is 9.33. The SMILES string of the molecule is O=C(c1cncc2cc[nH]c12)N1CCC(=C2c3ccccc3S(=O)(=O)Cc3sccc32)CC1. The minimum Gasteiger partial charge on any atom is -0.360 e. The fourth-order valence-corrected chi connectivity index (χ4v) is 7.79. The number of hydrogen-bond donors (Lipinski definition) is 1. The molecule has 166 valence electrons. The van der Waals surface area contributed by atoms with E-state index >= 15 is 0 Å². The molecule has 1 aromatic carbocycles. The summed E-state index contributed by atoms with van der Waals surface area (Å²) >= 11 is 1.50. The standard InChI is InChI=1S/C25H21N3O3S2/c29-25(20-14-26-13-17-5-9-27-24(17)20)28-10-6-16(7-11-28)23-18-8-12-32-21(18)15-33(30,31)22-4-2-1-3-19(22)23/h1-5,8-9,12-14,27H,6-7,10-11,15H2. The van der Waals surface area contributed by atoms with Gasteiger partial charge in [0.2, 0.25) is 0 Å². The summed E-state index contributed by atoms with van der Waals surface area (Å²) in [6.45, 7) is 1.17. The van der Waals surface area contributed by atoms with Crippen LogP contribution in [0.5, 0.6) is 0 Å². The highest BCUT2D eigenvalue weighted by Gasteiger charge is 2.32. The lowest BCUT2D eigenvalue weighted by Gasteiger charge is -2.30. The first-order valence-electron chi connectivity index (χ1n) is 10.8. The van der Waals surface area contributed by atoms with E-state index in [1.165, 1.54) is 16.9 Å². The van der Waals surface area contributed by atoms with Crippen molar-refractivity contribution < 1.29 is 13.2 Å². The molecule has 3 aromatic heterocycles. The maximum Gasteiger partial charge on any atom is 0.257 e. The van der Waals surface area contributed by atoms with Crippen LogP contribution in [0, 0.1) is 0 Å². The van der Waals surface area contributed by atoms with Crippen molar-refractivity contribution in [2.45, 2.75) is 23.5 Å². The zero-order valence-electron chi connectivity index (χ0n) is 17.7. The molecule has 2 aliphatic heterocycles. The number of H-pyrrole nitrogens is 1. The summed E-state index contributed by atoms with van der Waals surface area (Å²) in [5.74, 6) is 0.00520. The smallest absolute Gasteiger partial charge is 0.257 e. The highest BCUT2D eigenvalue weighted by molar-refractivity contribution is 7.90. The van der Waals surface area contributed by atoms with E-state index in [0.29, 0.717) is 36.4 Å². The minimum absolute atomic E-state index is 0.0281. The lowest BCUT2D eigenvalue weighted by atomic mass is 9.88. The van der Waals surface area contributed by atoms with E-state index in [1.54, 1.807) is 24.5 Å². The van der Waals surface area contributed by atoms with Gasteiger partial charge in [0.15, 0.2) is 9.84 Å². The number of benzene rings is 1. The summed E-state index contributed by atoms with van der Waals surface area (Å²) in [7, 11) is -3.41. The van der Waals surface area contributed by atoms with E-state index < -0.39 is 9.84 Å².